The first kappa shape index (κ1) is 24.2. The van der Waals surface area contributed by atoms with Gasteiger partial charge in [0, 0.05) is 18.4 Å². The van der Waals surface area contributed by atoms with E-state index >= 15 is 0 Å². The summed E-state index contributed by atoms with van der Waals surface area (Å²) in [7, 11) is -2.09. The monoisotopic (exact) mass is 492 g/mol. The molecular weight excluding hydrogens is 468 g/mol. The maximum atomic E-state index is 12.5. The molecule has 3 aromatic rings. The summed E-state index contributed by atoms with van der Waals surface area (Å²) in [4.78, 5) is 29.1. The van der Waals surface area contributed by atoms with Crippen LogP contribution in [0.4, 0.5) is 0 Å². The first-order valence-electron chi connectivity index (χ1n) is 9.87. The highest BCUT2D eigenvalue weighted by Gasteiger charge is 2.15. The number of sulfone groups is 1. The molecule has 0 radical (unpaired) electrons. The van der Waals surface area contributed by atoms with Crippen LogP contribution in [0.2, 0.25) is 0 Å². The predicted octanol–water partition coefficient (Wildman–Crippen LogP) is 3.42. The number of carbonyl (C=O) groups is 2. The highest BCUT2D eigenvalue weighted by atomic mass is 32.2. The van der Waals surface area contributed by atoms with Crippen molar-refractivity contribution in [3.05, 3.63) is 58.9 Å². The van der Waals surface area contributed by atoms with E-state index in [4.69, 9.17) is 4.74 Å². The third-order valence-electron chi connectivity index (χ3n) is 4.61. The van der Waals surface area contributed by atoms with E-state index < -0.39 is 15.8 Å². The smallest absolute Gasteiger partial charge is 0.325 e. The summed E-state index contributed by atoms with van der Waals surface area (Å²) < 4.78 is 30.7. The van der Waals surface area contributed by atoms with Crippen molar-refractivity contribution in [2.24, 2.45) is 4.99 Å². The Bertz CT molecular complexity index is 1280. The average molecular weight is 493 g/mol. The van der Waals surface area contributed by atoms with Gasteiger partial charge in [0.15, 0.2) is 14.6 Å². The highest BCUT2D eigenvalue weighted by Crippen LogP contribution is 2.22. The van der Waals surface area contributed by atoms with Crippen LogP contribution in [0.25, 0.3) is 10.2 Å². The number of aromatic nitrogens is 1. The van der Waals surface area contributed by atoms with E-state index in [2.05, 4.69) is 17.1 Å². The topological polar surface area (TPSA) is 94.8 Å². The fourth-order valence-corrected chi connectivity index (χ4v) is 5.70. The minimum Gasteiger partial charge on any atom is -0.468 e. The van der Waals surface area contributed by atoms with Crippen molar-refractivity contribution in [2.75, 3.05) is 19.1 Å². The number of methoxy groups -OCH3 is 1. The highest BCUT2D eigenvalue weighted by molar-refractivity contribution is 7.98. The van der Waals surface area contributed by atoms with Crippen molar-refractivity contribution in [3.8, 4) is 0 Å². The molecule has 0 saturated carbocycles. The van der Waals surface area contributed by atoms with Crippen molar-refractivity contribution in [2.45, 2.75) is 30.0 Å². The lowest BCUT2D eigenvalue weighted by Gasteiger charge is -2.04. The van der Waals surface area contributed by atoms with E-state index in [1.165, 1.54) is 36.1 Å². The molecule has 3 rings (SSSR count). The maximum Gasteiger partial charge on any atom is 0.325 e. The molecule has 0 spiro atoms. The first-order valence-corrected chi connectivity index (χ1v) is 13.7. The SMILES string of the molecule is COC(=O)Cn1c(=NC(=O)CCCSCc2ccccc2)sc2cc(S(C)(=O)=O)ccc21. The Kier molecular flexibility index (Phi) is 8.27. The van der Waals surface area contributed by atoms with E-state index in [1.54, 1.807) is 22.4 Å². The van der Waals surface area contributed by atoms with Gasteiger partial charge in [0.25, 0.3) is 0 Å². The van der Waals surface area contributed by atoms with Gasteiger partial charge in [-0.3, -0.25) is 9.59 Å². The average Bonchev–Trinajstić information content (AvgIpc) is 3.09. The number of fused-ring (bicyclic) bond motifs is 1. The summed E-state index contributed by atoms with van der Waals surface area (Å²) in [5.41, 5.74) is 1.87. The second kappa shape index (κ2) is 10.9. The summed E-state index contributed by atoms with van der Waals surface area (Å²) in [5.74, 6) is 0.967. The van der Waals surface area contributed by atoms with Crippen LogP contribution in [-0.4, -0.2) is 44.0 Å². The molecule has 0 N–H and O–H groups in total. The van der Waals surface area contributed by atoms with Gasteiger partial charge in [-0.25, -0.2) is 8.42 Å². The molecule has 1 aromatic heterocycles. The predicted molar refractivity (Wildman–Crippen MR) is 127 cm³/mol. The number of amides is 1. The molecule has 0 bridgehead atoms. The molecule has 0 aliphatic carbocycles. The Morgan fingerprint density at radius 3 is 2.59 bits per heavy atom. The summed E-state index contributed by atoms with van der Waals surface area (Å²) in [6.07, 6.45) is 2.12. The Labute approximate surface area is 195 Å². The zero-order valence-corrected chi connectivity index (χ0v) is 20.3. The van der Waals surface area contributed by atoms with Crippen molar-refractivity contribution in [1.82, 2.24) is 4.57 Å². The number of carbonyl (C=O) groups excluding carboxylic acids is 2. The molecule has 32 heavy (non-hydrogen) atoms. The minimum atomic E-state index is -3.38. The fourth-order valence-electron chi connectivity index (χ4n) is 2.97. The molecule has 0 saturated heterocycles. The van der Waals surface area contributed by atoms with Crippen molar-refractivity contribution in [3.63, 3.8) is 0 Å². The Morgan fingerprint density at radius 1 is 1.16 bits per heavy atom. The molecule has 0 fully saturated rings. The van der Waals surface area contributed by atoms with Crippen LogP contribution in [0.1, 0.15) is 18.4 Å². The Hall–Kier alpha value is -2.43. The molecule has 2 aromatic carbocycles. The molecule has 1 amide bonds. The van der Waals surface area contributed by atoms with E-state index in [9.17, 15) is 18.0 Å². The molecule has 0 unspecified atom stereocenters. The van der Waals surface area contributed by atoms with Crippen LogP contribution in [0.5, 0.6) is 0 Å². The van der Waals surface area contributed by atoms with E-state index in [-0.39, 0.29) is 17.3 Å². The van der Waals surface area contributed by atoms with Gasteiger partial charge in [-0.1, -0.05) is 41.7 Å². The van der Waals surface area contributed by atoms with Crippen LogP contribution < -0.4 is 4.80 Å². The quantitative estimate of drug-likeness (QED) is 0.336. The first-order chi connectivity index (χ1) is 15.3. The van der Waals surface area contributed by atoms with Gasteiger partial charge < -0.3 is 9.30 Å². The zero-order valence-electron chi connectivity index (χ0n) is 17.8. The number of esters is 1. The van der Waals surface area contributed by atoms with Crippen LogP contribution in [0.3, 0.4) is 0 Å². The van der Waals surface area contributed by atoms with E-state index in [0.29, 0.717) is 27.9 Å². The van der Waals surface area contributed by atoms with E-state index in [0.717, 1.165) is 17.8 Å². The van der Waals surface area contributed by atoms with Crippen molar-refractivity contribution in [1.29, 1.82) is 0 Å². The minimum absolute atomic E-state index is 0.117. The number of thiazole rings is 1. The standard InChI is InChI=1S/C22H24N2O5S3/c1-29-21(26)14-24-18-11-10-17(32(2,27)28)13-19(18)31-22(24)23-20(25)9-6-12-30-15-16-7-4-3-5-8-16/h3-5,7-8,10-11,13H,6,9,12,14-15H2,1-2H3. The molecule has 0 aliphatic rings. The van der Waals surface area contributed by atoms with Crippen LogP contribution >= 0.6 is 23.1 Å². The van der Waals surface area contributed by atoms with Gasteiger partial charge in [0.2, 0.25) is 5.91 Å². The van der Waals surface area contributed by atoms with E-state index in [1.807, 2.05) is 18.2 Å². The summed E-state index contributed by atoms with van der Waals surface area (Å²) in [6.45, 7) is -0.117. The largest absolute Gasteiger partial charge is 0.468 e. The van der Waals surface area contributed by atoms with Gasteiger partial charge in [-0.2, -0.15) is 16.8 Å². The lowest BCUT2D eigenvalue weighted by Crippen LogP contribution is -2.22. The van der Waals surface area contributed by atoms with Gasteiger partial charge in [-0.05, 0) is 35.9 Å². The van der Waals surface area contributed by atoms with Crippen LogP contribution in [-0.2, 0) is 36.5 Å². The molecular formula is C22H24N2O5S3. The second-order valence-electron chi connectivity index (χ2n) is 7.10. The number of rotatable bonds is 9. The lowest BCUT2D eigenvalue weighted by molar-refractivity contribution is -0.141. The van der Waals surface area contributed by atoms with Gasteiger partial charge >= 0.3 is 5.97 Å². The van der Waals surface area contributed by atoms with Gasteiger partial charge in [0.05, 0.1) is 22.2 Å². The number of nitrogens with zero attached hydrogens (tertiary/aromatic N) is 2. The van der Waals surface area contributed by atoms with Gasteiger partial charge in [0.1, 0.15) is 6.54 Å². The Morgan fingerprint density at radius 2 is 1.91 bits per heavy atom. The zero-order chi connectivity index (χ0) is 23.1. The number of hydrogen-bond acceptors (Lipinski definition) is 7. The maximum absolute atomic E-state index is 12.5. The number of hydrogen-bond donors (Lipinski definition) is 0. The molecule has 170 valence electrons. The number of thioether (sulfide) groups is 1. The summed E-state index contributed by atoms with van der Waals surface area (Å²) in [5, 5.41) is 0. The van der Waals surface area contributed by atoms with Crippen molar-refractivity contribution >= 4 is 55.0 Å². The van der Waals surface area contributed by atoms with Crippen LogP contribution in [0.15, 0.2) is 58.4 Å². The molecule has 0 atom stereocenters. The molecule has 1 heterocycles. The summed E-state index contributed by atoms with van der Waals surface area (Å²) >= 11 is 2.94. The lowest BCUT2D eigenvalue weighted by atomic mass is 10.2. The molecule has 0 aliphatic heterocycles. The summed E-state index contributed by atoms with van der Waals surface area (Å²) in [6, 6.07) is 14.8. The number of benzene rings is 2. The van der Waals surface area contributed by atoms with Gasteiger partial charge in [-0.15, -0.1) is 0 Å². The number of ether oxygens (including phenoxy) is 1. The molecule has 7 nitrogen and oxygen atoms in total. The normalized spacial score (nSPS) is 12.2. The Balaban J connectivity index is 1.74. The third-order valence-corrected chi connectivity index (χ3v) is 7.87. The van der Waals surface area contributed by atoms with Crippen LogP contribution in [0, 0.1) is 0 Å². The molecule has 10 heteroatoms. The third kappa shape index (κ3) is 6.54. The fraction of sp³-hybridized carbons (Fsp3) is 0.318. The second-order valence-corrected chi connectivity index (χ2v) is 11.2. The van der Waals surface area contributed by atoms with Crippen molar-refractivity contribution < 1.29 is 22.7 Å².